The number of esters is 1. The Kier molecular flexibility index (Phi) is 6.82. The number of carbonyl (C=O) groups excluding carboxylic acids is 1. The van der Waals surface area contributed by atoms with Gasteiger partial charge in [-0.2, -0.15) is 0 Å². The quantitative estimate of drug-likeness (QED) is 0.574. The van der Waals surface area contributed by atoms with Crippen LogP contribution in [0.15, 0.2) is 0 Å². The summed E-state index contributed by atoms with van der Waals surface area (Å²) in [6.45, 7) is 8.45. The molecular formula is C10H19O2. The van der Waals surface area contributed by atoms with E-state index >= 15 is 0 Å². The second-order valence-corrected chi connectivity index (χ2v) is 3.36. The van der Waals surface area contributed by atoms with Crippen LogP contribution in [0.25, 0.3) is 0 Å². The van der Waals surface area contributed by atoms with Crippen LogP contribution >= 0.6 is 0 Å². The van der Waals surface area contributed by atoms with Gasteiger partial charge in [-0.1, -0.05) is 27.2 Å². The zero-order valence-electron chi connectivity index (χ0n) is 8.14. The Morgan fingerprint density at radius 3 is 2.67 bits per heavy atom. The van der Waals surface area contributed by atoms with Gasteiger partial charge in [0.15, 0.2) is 0 Å². The van der Waals surface area contributed by atoms with Gasteiger partial charge in [-0.3, -0.25) is 4.79 Å². The van der Waals surface area contributed by atoms with E-state index in [1.165, 1.54) is 0 Å². The van der Waals surface area contributed by atoms with Crippen LogP contribution < -0.4 is 0 Å². The predicted octanol–water partition coefficient (Wildman–Crippen LogP) is 2.58. The SMILES string of the molecule is [CH2]CCCC(=O)OCCC(C)C. The number of hydrogen-bond acceptors (Lipinski definition) is 2. The molecule has 2 heteroatoms. The summed E-state index contributed by atoms with van der Waals surface area (Å²) in [7, 11) is 0. The molecule has 0 N–H and O–H groups in total. The molecule has 0 unspecified atom stereocenters. The highest BCUT2D eigenvalue weighted by Crippen LogP contribution is 2.01. The Bertz CT molecular complexity index is 119. The fourth-order valence-electron chi connectivity index (χ4n) is 0.750. The van der Waals surface area contributed by atoms with E-state index in [4.69, 9.17) is 4.74 Å². The Balaban J connectivity index is 3.20. The first-order valence-corrected chi connectivity index (χ1v) is 4.61. The summed E-state index contributed by atoms with van der Waals surface area (Å²) in [5.74, 6) is 0.518. The lowest BCUT2D eigenvalue weighted by molar-refractivity contribution is -0.144. The first-order chi connectivity index (χ1) is 5.66. The molecule has 0 saturated carbocycles. The second-order valence-electron chi connectivity index (χ2n) is 3.36. The Labute approximate surface area is 75.3 Å². The van der Waals surface area contributed by atoms with Gasteiger partial charge in [0.05, 0.1) is 6.61 Å². The summed E-state index contributed by atoms with van der Waals surface area (Å²) in [6, 6.07) is 0. The van der Waals surface area contributed by atoms with Gasteiger partial charge in [-0.05, 0) is 18.8 Å². The van der Waals surface area contributed by atoms with Crippen molar-refractivity contribution < 1.29 is 9.53 Å². The number of hydrogen-bond donors (Lipinski definition) is 0. The van der Waals surface area contributed by atoms with Crippen LogP contribution in [0, 0.1) is 12.8 Å². The highest BCUT2D eigenvalue weighted by molar-refractivity contribution is 5.69. The van der Waals surface area contributed by atoms with Gasteiger partial charge in [0, 0.05) is 6.42 Å². The summed E-state index contributed by atoms with van der Waals surface area (Å²) in [6.07, 6.45) is 3.11. The van der Waals surface area contributed by atoms with E-state index in [0.717, 1.165) is 19.3 Å². The van der Waals surface area contributed by atoms with Crippen molar-refractivity contribution >= 4 is 5.97 Å². The maximum Gasteiger partial charge on any atom is 0.305 e. The fourth-order valence-corrected chi connectivity index (χ4v) is 0.750. The standard InChI is InChI=1S/C10H19O2/c1-4-5-6-10(11)12-8-7-9(2)3/h9H,1,4-8H2,2-3H3. The van der Waals surface area contributed by atoms with E-state index in [1.54, 1.807) is 0 Å². The number of carbonyl (C=O) groups is 1. The minimum absolute atomic E-state index is 0.0840. The van der Waals surface area contributed by atoms with Crippen molar-refractivity contribution in [3.8, 4) is 0 Å². The van der Waals surface area contributed by atoms with Crippen LogP contribution in [0.4, 0.5) is 0 Å². The van der Waals surface area contributed by atoms with Crippen molar-refractivity contribution in [3.63, 3.8) is 0 Å². The second kappa shape index (κ2) is 7.14. The molecular weight excluding hydrogens is 152 g/mol. The Morgan fingerprint density at radius 2 is 2.17 bits per heavy atom. The van der Waals surface area contributed by atoms with Gasteiger partial charge >= 0.3 is 5.97 Å². The molecule has 0 spiro atoms. The summed E-state index contributed by atoms with van der Waals surface area (Å²) < 4.78 is 4.99. The maximum atomic E-state index is 10.9. The van der Waals surface area contributed by atoms with Gasteiger partial charge in [-0.15, -0.1) is 0 Å². The zero-order valence-corrected chi connectivity index (χ0v) is 8.14. The molecule has 0 saturated heterocycles. The van der Waals surface area contributed by atoms with Crippen LogP contribution in [0.1, 0.15) is 39.5 Å². The summed E-state index contributed by atoms with van der Waals surface area (Å²) in [5.41, 5.74) is 0. The molecule has 0 aromatic heterocycles. The molecule has 0 aliphatic rings. The average Bonchev–Trinajstić information content (AvgIpc) is 2.00. The molecule has 0 aliphatic heterocycles. The summed E-state index contributed by atoms with van der Waals surface area (Å²) in [4.78, 5) is 10.9. The zero-order chi connectivity index (χ0) is 9.40. The van der Waals surface area contributed by atoms with Crippen molar-refractivity contribution in [1.82, 2.24) is 0 Å². The minimum atomic E-state index is -0.0840. The largest absolute Gasteiger partial charge is 0.466 e. The van der Waals surface area contributed by atoms with E-state index in [9.17, 15) is 4.79 Å². The van der Waals surface area contributed by atoms with Crippen LogP contribution in [0.3, 0.4) is 0 Å². The van der Waals surface area contributed by atoms with E-state index in [1.807, 2.05) is 0 Å². The first-order valence-electron chi connectivity index (χ1n) is 4.61. The van der Waals surface area contributed by atoms with Crippen LogP contribution in [-0.2, 0) is 9.53 Å². The molecule has 2 nitrogen and oxygen atoms in total. The Morgan fingerprint density at radius 1 is 1.50 bits per heavy atom. The fraction of sp³-hybridized carbons (Fsp3) is 0.800. The van der Waals surface area contributed by atoms with E-state index in [2.05, 4.69) is 20.8 Å². The van der Waals surface area contributed by atoms with Crippen molar-refractivity contribution in [3.05, 3.63) is 6.92 Å². The van der Waals surface area contributed by atoms with Gasteiger partial charge < -0.3 is 4.74 Å². The highest BCUT2D eigenvalue weighted by atomic mass is 16.5. The van der Waals surface area contributed by atoms with Crippen molar-refractivity contribution in [1.29, 1.82) is 0 Å². The van der Waals surface area contributed by atoms with Crippen LogP contribution in [-0.4, -0.2) is 12.6 Å². The molecule has 0 heterocycles. The van der Waals surface area contributed by atoms with Crippen molar-refractivity contribution in [2.24, 2.45) is 5.92 Å². The molecule has 0 atom stereocenters. The van der Waals surface area contributed by atoms with Crippen LogP contribution in [0.5, 0.6) is 0 Å². The predicted molar refractivity (Wildman–Crippen MR) is 49.6 cm³/mol. The van der Waals surface area contributed by atoms with Crippen LogP contribution in [0.2, 0.25) is 0 Å². The molecule has 0 aliphatic carbocycles. The number of unbranched alkanes of at least 4 members (excludes halogenated alkanes) is 1. The lowest BCUT2D eigenvalue weighted by Crippen LogP contribution is -2.07. The monoisotopic (exact) mass is 171 g/mol. The molecule has 1 radical (unpaired) electrons. The maximum absolute atomic E-state index is 10.9. The molecule has 71 valence electrons. The van der Waals surface area contributed by atoms with Crippen molar-refractivity contribution in [2.45, 2.75) is 39.5 Å². The molecule has 0 aromatic rings. The third-order valence-electron chi connectivity index (χ3n) is 1.59. The smallest absolute Gasteiger partial charge is 0.305 e. The third kappa shape index (κ3) is 7.58. The molecule has 0 rings (SSSR count). The van der Waals surface area contributed by atoms with Gasteiger partial charge in [0.2, 0.25) is 0 Å². The summed E-state index contributed by atoms with van der Waals surface area (Å²) in [5, 5.41) is 0. The highest BCUT2D eigenvalue weighted by Gasteiger charge is 2.01. The summed E-state index contributed by atoms with van der Waals surface area (Å²) >= 11 is 0. The third-order valence-corrected chi connectivity index (χ3v) is 1.59. The van der Waals surface area contributed by atoms with Gasteiger partial charge in [0.1, 0.15) is 0 Å². The average molecular weight is 171 g/mol. The van der Waals surface area contributed by atoms with E-state index in [0.29, 0.717) is 18.9 Å². The lowest BCUT2D eigenvalue weighted by Gasteiger charge is -2.05. The van der Waals surface area contributed by atoms with E-state index in [-0.39, 0.29) is 5.97 Å². The normalized spacial score (nSPS) is 10.3. The van der Waals surface area contributed by atoms with Crippen molar-refractivity contribution in [2.75, 3.05) is 6.61 Å². The topological polar surface area (TPSA) is 26.3 Å². The number of rotatable bonds is 6. The van der Waals surface area contributed by atoms with E-state index < -0.39 is 0 Å². The molecule has 0 aromatic carbocycles. The van der Waals surface area contributed by atoms with Gasteiger partial charge in [-0.25, -0.2) is 0 Å². The molecule has 12 heavy (non-hydrogen) atoms. The molecule has 0 amide bonds. The minimum Gasteiger partial charge on any atom is -0.466 e. The molecule has 0 bridgehead atoms. The first kappa shape index (κ1) is 11.5. The van der Waals surface area contributed by atoms with Gasteiger partial charge in [0.25, 0.3) is 0 Å². The molecule has 0 fully saturated rings. The Hall–Kier alpha value is -0.530. The number of ether oxygens (including phenoxy) is 1. The lowest BCUT2D eigenvalue weighted by atomic mass is 10.1.